The Morgan fingerprint density at radius 2 is 1.59 bits per heavy atom. The molecule has 1 amide bonds. The van der Waals surface area contributed by atoms with Crippen molar-refractivity contribution in [3.63, 3.8) is 0 Å². The predicted molar refractivity (Wildman–Crippen MR) is 112 cm³/mol. The van der Waals surface area contributed by atoms with Crippen LogP contribution in [0.5, 0.6) is 0 Å². The van der Waals surface area contributed by atoms with Gasteiger partial charge in [0.15, 0.2) is 0 Å². The molecule has 1 saturated heterocycles. The zero-order valence-corrected chi connectivity index (χ0v) is 17.3. The maximum atomic E-state index is 12.9. The standard InChI is InChI=1S/C20H13Cl2N3O3S/c1-10-23-24-20(29-10)25-16(11-2-6-13(21)7-3-11)15(18(27)19(25)28)17(26)12-4-8-14(22)9-5-12/h2-9,16,26H,1H3/t16-/m1/s1. The Balaban J connectivity index is 1.93. The molecule has 0 unspecified atom stereocenters. The highest BCUT2D eigenvalue weighted by Gasteiger charge is 2.48. The largest absolute Gasteiger partial charge is 0.507 e. The normalized spacial score (nSPS) is 18.4. The van der Waals surface area contributed by atoms with Crippen molar-refractivity contribution < 1.29 is 14.7 Å². The molecule has 1 fully saturated rings. The molecular formula is C20H13Cl2N3O3S. The molecule has 0 radical (unpaired) electrons. The van der Waals surface area contributed by atoms with Crippen LogP contribution in [0.1, 0.15) is 22.2 Å². The maximum Gasteiger partial charge on any atom is 0.301 e. The van der Waals surface area contributed by atoms with Gasteiger partial charge in [-0.1, -0.05) is 46.7 Å². The number of carbonyl (C=O) groups is 2. The number of anilines is 1. The van der Waals surface area contributed by atoms with Gasteiger partial charge in [-0.15, -0.1) is 10.2 Å². The van der Waals surface area contributed by atoms with E-state index in [1.807, 2.05) is 0 Å². The molecule has 146 valence electrons. The van der Waals surface area contributed by atoms with Crippen LogP contribution in [-0.4, -0.2) is 27.0 Å². The van der Waals surface area contributed by atoms with Crippen LogP contribution in [0.3, 0.4) is 0 Å². The lowest BCUT2D eigenvalue weighted by Crippen LogP contribution is -2.29. The van der Waals surface area contributed by atoms with Crippen LogP contribution in [-0.2, 0) is 9.59 Å². The van der Waals surface area contributed by atoms with E-state index in [1.54, 1.807) is 55.5 Å². The van der Waals surface area contributed by atoms with Gasteiger partial charge in [0, 0.05) is 15.6 Å². The minimum atomic E-state index is -0.865. The molecule has 1 N–H and O–H groups in total. The van der Waals surface area contributed by atoms with Crippen LogP contribution in [0.4, 0.5) is 5.13 Å². The second-order valence-electron chi connectivity index (χ2n) is 6.33. The lowest BCUT2D eigenvalue weighted by molar-refractivity contribution is -0.132. The van der Waals surface area contributed by atoms with Gasteiger partial charge < -0.3 is 5.11 Å². The number of rotatable bonds is 3. The Bertz CT molecular complexity index is 1140. The van der Waals surface area contributed by atoms with E-state index in [4.69, 9.17) is 23.2 Å². The van der Waals surface area contributed by atoms with Crippen molar-refractivity contribution in [2.75, 3.05) is 4.90 Å². The molecule has 1 aromatic heterocycles. The molecule has 6 nitrogen and oxygen atoms in total. The van der Waals surface area contributed by atoms with E-state index in [0.717, 1.165) is 0 Å². The summed E-state index contributed by atoms with van der Waals surface area (Å²) in [5.41, 5.74) is 0.948. The summed E-state index contributed by atoms with van der Waals surface area (Å²) in [6.45, 7) is 1.75. The van der Waals surface area contributed by atoms with Crippen molar-refractivity contribution in [3.05, 3.63) is 80.3 Å². The number of aliphatic hydroxyl groups is 1. The number of ketones is 1. The number of carbonyl (C=O) groups excluding carboxylic acids is 2. The summed E-state index contributed by atoms with van der Waals surface area (Å²) in [6.07, 6.45) is 0. The molecule has 29 heavy (non-hydrogen) atoms. The summed E-state index contributed by atoms with van der Waals surface area (Å²) < 4.78 is 0. The highest BCUT2D eigenvalue weighted by atomic mass is 35.5. The van der Waals surface area contributed by atoms with E-state index >= 15 is 0 Å². The first-order chi connectivity index (χ1) is 13.9. The van der Waals surface area contributed by atoms with Gasteiger partial charge in [0.2, 0.25) is 5.13 Å². The molecule has 1 aliphatic rings. The first-order valence-electron chi connectivity index (χ1n) is 8.49. The van der Waals surface area contributed by atoms with Crippen LogP contribution in [0.2, 0.25) is 10.0 Å². The number of aryl methyl sites for hydroxylation is 1. The van der Waals surface area contributed by atoms with Gasteiger partial charge >= 0.3 is 5.91 Å². The number of aromatic nitrogens is 2. The Hall–Kier alpha value is -2.74. The number of nitrogens with zero attached hydrogens (tertiary/aromatic N) is 3. The Kier molecular flexibility index (Phi) is 5.12. The molecule has 3 aromatic rings. The molecule has 1 aliphatic heterocycles. The summed E-state index contributed by atoms with van der Waals surface area (Å²) in [6, 6.07) is 12.2. The van der Waals surface area contributed by atoms with Crippen molar-refractivity contribution in [1.29, 1.82) is 0 Å². The van der Waals surface area contributed by atoms with Gasteiger partial charge in [0.1, 0.15) is 10.8 Å². The van der Waals surface area contributed by atoms with E-state index in [9.17, 15) is 14.7 Å². The minimum Gasteiger partial charge on any atom is -0.507 e. The highest BCUT2D eigenvalue weighted by Crippen LogP contribution is 2.43. The number of Topliss-reactive ketones (excluding diaryl/α,β-unsaturated/α-hetero) is 1. The lowest BCUT2D eigenvalue weighted by Gasteiger charge is -2.22. The van der Waals surface area contributed by atoms with Gasteiger partial charge in [-0.3, -0.25) is 14.5 Å². The van der Waals surface area contributed by atoms with Gasteiger partial charge in [-0.2, -0.15) is 0 Å². The van der Waals surface area contributed by atoms with Gasteiger partial charge in [0.25, 0.3) is 5.78 Å². The quantitative estimate of drug-likeness (QED) is 0.356. The molecule has 0 saturated carbocycles. The van der Waals surface area contributed by atoms with Crippen LogP contribution in [0.15, 0.2) is 54.1 Å². The zero-order valence-electron chi connectivity index (χ0n) is 15.0. The number of hydrogen-bond acceptors (Lipinski definition) is 6. The van der Waals surface area contributed by atoms with Gasteiger partial charge in [0.05, 0.1) is 11.6 Å². The molecule has 2 heterocycles. The van der Waals surface area contributed by atoms with Crippen molar-refractivity contribution in [2.24, 2.45) is 0 Å². The van der Waals surface area contributed by atoms with Crippen molar-refractivity contribution in [1.82, 2.24) is 10.2 Å². The van der Waals surface area contributed by atoms with Crippen molar-refractivity contribution in [2.45, 2.75) is 13.0 Å². The molecule has 0 bridgehead atoms. The minimum absolute atomic E-state index is 0.0347. The monoisotopic (exact) mass is 445 g/mol. The molecule has 0 aliphatic carbocycles. The smallest absolute Gasteiger partial charge is 0.301 e. The molecule has 1 atom stereocenters. The zero-order chi connectivity index (χ0) is 20.7. The summed E-state index contributed by atoms with van der Waals surface area (Å²) in [5, 5.41) is 20.8. The fraction of sp³-hybridized carbons (Fsp3) is 0.100. The van der Waals surface area contributed by atoms with E-state index in [1.165, 1.54) is 16.2 Å². The fourth-order valence-electron chi connectivity index (χ4n) is 3.14. The van der Waals surface area contributed by atoms with Gasteiger partial charge in [-0.25, -0.2) is 0 Å². The molecule has 4 rings (SSSR count). The average Bonchev–Trinajstić information content (AvgIpc) is 3.24. The Morgan fingerprint density at radius 1 is 1.00 bits per heavy atom. The summed E-state index contributed by atoms with van der Waals surface area (Å²) in [7, 11) is 0. The Labute approximate surface area is 180 Å². The SMILES string of the molecule is Cc1nnc(N2C(=O)C(=O)C(=C(O)c3ccc(Cl)cc3)[C@H]2c2ccc(Cl)cc2)s1. The third-order valence-corrected chi connectivity index (χ3v) is 5.81. The van der Waals surface area contributed by atoms with E-state index < -0.39 is 17.7 Å². The Morgan fingerprint density at radius 3 is 2.14 bits per heavy atom. The number of aliphatic hydroxyl groups excluding tert-OH is 1. The molecule has 9 heteroatoms. The number of halogens is 2. The predicted octanol–water partition coefficient (Wildman–Crippen LogP) is 4.78. The highest BCUT2D eigenvalue weighted by molar-refractivity contribution is 7.15. The fourth-order valence-corrected chi connectivity index (χ4v) is 4.10. The second kappa shape index (κ2) is 7.59. The topological polar surface area (TPSA) is 83.4 Å². The van der Waals surface area contributed by atoms with Crippen LogP contribution >= 0.6 is 34.5 Å². The molecule has 0 spiro atoms. The van der Waals surface area contributed by atoms with E-state index in [0.29, 0.717) is 26.2 Å². The van der Waals surface area contributed by atoms with Crippen LogP contribution in [0.25, 0.3) is 5.76 Å². The molecule has 2 aromatic carbocycles. The average molecular weight is 446 g/mol. The molecular weight excluding hydrogens is 433 g/mol. The second-order valence-corrected chi connectivity index (χ2v) is 8.36. The maximum absolute atomic E-state index is 12.9. The third-order valence-electron chi connectivity index (χ3n) is 4.47. The lowest BCUT2D eigenvalue weighted by atomic mass is 9.95. The van der Waals surface area contributed by atoms with E-state index in [2.05, 4.69) is 10.2 Å². The van der Waals surface area contributed by atoms with Gasteiger partial charge in [-0.05, 0) is 48.9 Å². The van der Waals surface area contributed by atoms with Crippen molar-refractivity contribution >= 4 is 57.1 Å². The number of hydrogen-bond donors (Lipinski definition) is 1. The summed E-state index contributed by atoms with van der Waals surface area (Å²) in [4.78, 5) is 27.1. The van der Waals surface area contributed by atoms with Crippen LogP contribution < -0.4 is 4.90 Å². The summed E-state index contributed by atoms with van der Waals surface area (Å²) in [5.74, 6) is -1.87. The third kappa shape index (κ3) is 3.53. The number of amides is 1. The number of benzene rings is 2. The van der Waals surface area contributed by atoms with E-state index in [-0.39, 0.29) is 16.5 Å². The summed E-state index contributed by atoms with van der Waals surface area (Å²) >= 11 is 13.1. The first kappa shape index (κ1) is 19.6. The van der Waals surface area contributed by atoms with Crippen LogP contribution in [0, 0.1) is 6.92 Å². The first-order valence-corrected chi connectivity index (χ1v) is 10.1. The van der Waals surface area contributed by atoms with Crippen molar-refractivity contribution in [3.8, 4) is 0 Å².